The quantitative estimate of drug-likeness (QED) is 0.710. The van der Waals surface area contributed by atoms with Crippen molar-refractivity contribution in [3.63, 3.8) is 0 Å². The average molecular weight is 263 g/mol. The minimum Gasteiger partial charge on any atom is -0.369 e. The number of hydrogen-bond acceptors (Lipinski definition) is 3. The third kappa shape index (κ3) is 4.37. The summed E-state index contributed by atoms with van der Waals surface area (Å²) >= 11 is 0. The lowest BCUT2D eigenvalue weighted by Crippen LogP contribution is -2.33. The van der Waals surface area contributed by atoms with Crippen LogP contribution in [0, 0.1) is 11.8 Å². The average Bonchev–Trinajstić information content (AvgIpc) is 2.31. The summed E-state index contributed by atoms with van der Waals surface area (Å²) in [5, 5.41) is 2.82. The number of carbonyl (C=O) groups is 2. The lowest BCUT2D eigenvalue weighted by molar-refractivity contribution is -0.121. The van der Waals surface area contributed by atoms with Crippen molar-refractivity contribution in [1.29, 1.82) is 0 Å². The Morgan fingerprint density at radius 1 is 1.26 bits per heavy atom. The van der Waals surface area contributed by atoms with Crippen molar-refractivity contribution < 1.29 is 9.59 Å². The number of nitrogens with one attached hydrogen (secondary N) is 1. The molecular formula is C14H21N3O2. The molecule has 0 bridgehead atoms. The van der Waals surface area contributed by atoms with Gasteiger partial charge >= 0.3 is 0 Å². The van der Waals surface area contributed by atoms with Crippen molar-refractivity contribution in [2.75, 3.05) is 11.9 Å². The molecule has 5 N–H and O–H groups in total. The van der Waals surface area contributed by atoms with E-state index in [1.165, 1.54) is 0 Å². The van der Waals surface area contributed by atoms with Crippen LogP contribution in [0.25, 0.3) is 0 Å². The molecule has 1 rings (SSSR count). The second kappa shape index (κ2) is 6.89. The molecule has 1 unspecified atom stereocenters. The fraction of sp³-hybridized carbons (Fsp3) is 0.429. The Hall–Kier alpha value is -1.88. The third-order valence-electron chi connectivity index (χ3n) is 3.04. The Kier molecular flexibility index (Phi) is 5.51. The fourth-order valence-corrected chi connectivity index (χ4v) is 1.89. The van der Waals surface area contributed by atoms with Gasteiger partial charge in [0, 0.05) is 12.2 Å². The zero-order chi connectivity index (χ0) is 14.4. The topological polar surface area (TPSA) is 98.2 Å². The minimum atomic E-state index is -0.430. The Morgan fingerprint density at radius 3 is 2.42 bits per heavy atom. The number of nitrogens with two attached hydrogens (primary N) is 2. The van der Waals surface area contributed by atoms with Crippen molar-refractivity contribution in [1.82, 2.24) is 0 Å². The Labute approximate surface area is 113 Å². The monoisotopic (exact) mass is 263 g/mol. The molecule has 0 heterocycles. The smallest absolute Gasteiger partial charge is 0.229 e. The Morgan fingerprint density at radius 2 is 1.89 bits per heavy atom. The van der Waals surface area contributed by atoms with Crippen molar-refractivity contribution in [2.45, 2.75) is 20.3 Å². The largest absolute Gasteiger partial charge is 0.369 e. The van der Waals surface area contributed by atoms with Gasteiger partial charge in [0.1, 0.15) is 0 Å². The van der Waals surface area contributed by atoms with Crippen LogP contribution in [0.3, 0.4) is 0 Å². The highest BCUT2D eigenvalue weighted by Gasteiger charge is 2.21. The number of carbonyl (C=O) groups excluding carboxylic acids is 2. The number of primary amides is 1. The maximum atomic E-state index is 12.1. The standard InChI is InChI=1S/C14H21N3O2/c1-9(2)11(8-15)14(19)17-12-6-4-3-5-10(12)7-13(16)18/h3-6,9,11H,7-8,15H2,1-2H3,(H2,16,18)(H,17,19). The molecule has 2 amide bonds. The van der Waals surface area contributed by atoms with Crippen LogP contribution >= 0.6 is 0 Å². The van der Waals surface area contributed by atoms with E-state index in [9.17, 15) is 9.59 Å². The molecule has 0 aliphatic heterocycles. The zero-order valence-corrected chi connectivity index (χ0v) is 11.3. The van der Waals surface area contributed by atoms with Gasteiger partial charge in [-0.2, -0.15) is 0 Å². The highest BCUT2D eigenvalue weighted by molar-refractivity contribution is 5.94. The molecule has 0 saturated carbocycles. The van der Waals surface area contributed by atoms with Gasteiger partial charge in [0.05, 0.1) is 12.3 Å². The number of rotatable bonds is 6. The van der Waals surface area contributed by atoms with Crippen LogP contribution in [0.5, 0.6) is 0 Å². The van der Waals surface area contributed by atoms with Crippen LogP contribution in [0.4, 0.5) is 5.69 Å². The van der Waals surface area contributed by atoms with Crippen LogP contribution in [0.2, 0.25) is 0 Å². The van der Waals surface area contributed by atoms with E-state index in [4.69, 9.17) is 11.5 Å². The summed E-state index contributed by atoms with van der Waals surface area (Å²) in [5.41, 5.74) is 12.1. The van der Waals surface area contributed by atoms with Gasteiger partial charge in [-0.05, 0) is 17.5 Å². The molecule has 0 aromatic heterocycles. The maximum Gasteiger partial charge on any atom is 0.229 e. The Bertz CT molecular complexity index is 458. The normalized spacial score (nSPS) is 12.2. The van der Waals surface area contributed by atoms with Crippen LogP contribution in [0.1, 0.15) is 19.4 Å². The van der Waals surface area contributed by atoms with Crippen molar-refractivity contribution >= 4 is 17.5 Å². The fourth-order valence-electron chi connectivity index (χ4n) is 1.89. The van der Waals surface area contributed by atoms with E-state index in [0.29, 0.717) is 17.8 Å². The molecule has 0 aliphatic rings. The molecule has 1 aromatic carbocycles. The van der Waals surface area contributed by atoms with Gasteiger partial charge in [-0.1, -0.05) is 32.0 Å². The van der Waals surface area contributed by atoms with Crippen LogP contribution in [-0.2, 0) is 16.0 Å². The molecular weight excluding hydrogens is 242 g/mol. The SMILES string of the molecule is CC(C)C(CN)C(=O)Nc1ccccc1CC(N)=O. The van der Waals surface area contributed by atoms with Gasteiger partial charge in [-0.15, -0.1) is 0 Å². The predicted molar refractivity (Wildman–Crippen MR) is 75.4 cm³/mol. The summed E-state index contributed by atoms with van der Waals surface area (Å²) in [4.78, 5) is 23.1. The molecule has 1 aromatic rings. The molecule has 104 valence electrons. The summed E-state index contributed by atoms with van der Waals surface area (Å²) in [7, 11) is 0. The van der Waals surface area contributed by atoms with E-state index in [-0.39, 0.29) is 24.2 Å². The third-order valence-corrected chi connectivity index (χ3v) is 3.04. The number of anilines is 1. The summed E-state index contributed by atoms with van der Waals surface area (Å²) in [5.74, 6) is -0.648. The van der Waals surface area contributed by atoms with Crippen molar-refractivity contribution in [3.8, 4) is 0 Å². The first-order chi connectivity index (χ1) is 8.95. The first kappa shape index (κ1) is 15.2. The molecule has 0 aliphatic carbocycles. The van der Waals surface area contributed by atoms with Gasteiger partial charge in [-0.25, -0.2) is 0 Å². The van der Waals surface area contributed by atoms with E-state index in [2.05, 4.69) is 5.32 Å². The van der Waals surface area contributed by atoms with Gasteiger partial charge in [0.15, 0.2) is 0 Å². The first-order valence-electron chi connectivity index (χ1n) is 6.32. The number of hydrogen-bond donors (Lipinski definition) is 3. The van der Waals surface area contributed by atoms with Gasteiger partial charge in [0.25, 0.3) is 0 Å². The second-order valence-corrected chi connectivity index (χ2v) is 4.88. The summed E-state index contributed by atoms with van der Waals surface area (Å²) in [6.45, 7) is 4.19. The van der Waals surface area contributed by atoms with Crippen LogP contribution < -0.4 is 16.8 Å². The molecule has 19 heavy (non-hydrogen) atoms. The number of para-hydroxylation sites is 1. The lowest BCUT2D eigenvalue weighted by Gasteiger charge is -2.19. The highest BCUT2D eigenvalue weighted by atomic mass is 16.2. The van der Waals surface area contributed by atoms with E-state index in [1.807, 2.05) is 13.8 Å². The van der Waals surface area contributed by atoms with Crippen molar-refractivity contribution in [3.05, 3.63) is 29.8 Å². The molecule has 0 radical (unpaired) electrons. The molecule has 0 saturated heterocycles. The molecule has 5 heteroatoms. The van der Waals surface area contributed by atoms with Gasteiger partial charge in [-0.3, -0.25) is 9.59 Å². The maximum absolute atomic E-state index is 12.1. The summed E-state index contributed by atoms with van der Waals surface area (Å²) in [6.07, 6.45) is 0.103. The van der Waals surface area contributed by atoms with Gasteiger partial charge in [0.2, 0.25) is 11.8 Å². The molecule has 0 spiro atoms. The number of amides is 2. The molecule has 0 fully saturated rings. The van der Waals surface area contributed by atoms with Crippen LogP contribution in [0.15, 0.2) is 24.3 Å². The molecule has 5 nitrogen and oxygen atoms in total. The molecule has 1 atom stereocenters. The second-order valence-electron chi connectivity index (χ2n) is 4.88. The van der Waals surface area contributed by atoms with Gasteiger partial charge < -0.3 is 16.8 Å². The Balaban J connectivity index is 2.87. The number of benzene rings is 1. The van der Waals surface area contributed by atoms with E-state index >= 15 is 0 Å². The lowest BCUT2D eigenvalue weighted by atomic mass is 9.95. The summed E-state index contributed by atoms with van der Waals surface area (Å²) < 4.78 is 0. The predicted octanol–water partition coefficient (Wildman–Crippen LogP) is 0.884. The highest BCUT2D eigenvalue weighted by Crippen LogP contribution is 2.18. The van der Waals surface area contributed by atoms with E-state index in [1.54, 1.807) is 24.3 Å². The van der Waals surface area contributed by atoms with E-state index in [0.717, 1.165) is 0 Å². The van der Waals surface area contributed by atoms with Crippen LogP contribution in [-0.4, -0.2) is 18.4 Å². The summed E-state index contributed by atoms with van der Waals surface area (Å²) in [6, 6.07) is 7.13. The van der Waals surface area contributed by atoms with Crippen molar-refractivity contribution in [2.24, 2.45) is 23.3 Å². The minimum absolute atomic E-state index is 0.103. The zero-order valence-electron chi connectivity index (χ0n) is 11.3. The van der Waals surface area contributed by atoms with E-state index < -0.39 is 5.91 Å². The first-order valence-corrected chi connectivity index (χ1v) is 6.32.